The van der Waals surface area contributed by atoms with Crippen LogP contribution in [0.15, 0.2) is 24.7 Å². The molecule has 2 N–H and O–H groups in total. The zero-order valence-electron chi connectivity index (χ0n) is 15.5. The Balaban J connectivity index is 1.78. The number of thiophene rings is 1. The lowest BCUT2D eigenvalue weighted by Crippen LogP contribution is -2.41. The Bertz CT molecular complexity index is 873. The lowest BCUT2D eigenvalue weighted by atomic mass is 9.97. The Labute approximate surface area is 165 Å². The number of aromatic nitrogens is 2. The van der Waals surface area contributed by atoms with Crippen molar-refractivity contribution in [1.29, 1.82) is 0 Å². The van der Waals surface area contributed by atoms with E-state index >= 15 is 0 Å². The van der Waals surface area contributed by atoms with E-state index in [2.05, 4.69) is 15.5 Å². The van der Waals surface area contributed by atoms with Crippen molar-refractivity contribution in [2.75, 3.05) is 25.1 Å². The number of carbonyl (C=O) groups is 1. The van der Waals surface area contributed by atoms with E-state index in [1.807, 2.05) is 6.08 Å². The van der Waals surface area contributed by atoms with Gasteiger partial charge in [0.1, 0.15) is 4.88 Å². The van der Waals surface area contributed by atoms with Crippen LogP contribution < -0.4 is 10.2 Å². The van der Waals surface area contributed by atoms with E-state index in [0.717, 1.165) is 19.3 Å². The van der Waals surface area contributed by atoms with E-state index in [4.69, 9.17) is 4.74 Å². The smallest absolute Gasteiger partial charge is 0.269 e. The first-order valence-electron chi connectivity index (χ1n) is 9.30. The molecule has 6 nitrogen and oxygen atoms in total. The summed E-state index contributed by atoms with van der Waals surface area (Å²) in [6.07, 6.45) is 9.19. The first kappa shape index (κ1) is 19.1. The molecule has 1 unspecified atom stereocenters. The summed E-state index contributed by atoms with van der Waals surface area (Å²) in [5, 5.41) is 9.26. The van der Waals surface area contributed by atoms with E-state index in [1.165, 1.54) is 16.2 Å². The van der Waals surface area contributed by atoms with Gasteiger partial charge < -0.3 is 15.0 Å². The molecule has 28 heavy (non-hydrogen) atoms. The minimum absolute atomic E-state index is 0.0804. The Morgan fingerprint density at radius 3 is 3.04 bits per heavy atom. The molecule has 0 saturated carbocycles. The van der Waals surface area contributed by atoms with Gasteiger partial charge in [-0.1, -0.05) is 0 Å². The van der Waals surface area contributed by atoms with Crippen LogP contribution in [0.4, 0.5) is 14.5 Å². The highest BCUT2D eigenvalue weighted by Crippen LogP contribution is 2.47. The molecule has 1 saturated heterocycles. The standard InChI is InChI=1S/C19H22F2N4O2S/c1-22-18(26)17-15-14(16(28-17)12-9-23-24-10-12)8-19(20,21)11-25(15)6-5-13-4-2-3-7-27-13/h5-6,9-10,13H,2-4,7-8,11H2,1H3,(H,22,26)(H,23,24)/b6-5+. The van der Waals surface area contributed by atoms with Crippen LogP contribution in [0.2, 0.25) is 0 Å². The monoisotopic (exact) mass is 408 g/mol. The minimum Gasteiger partial charge on any atom is -0.374 e. The van der Waals surface area contributed by atoms with Crippen molar-refractivity contribution < 1.29 is 18.3 Å². The predicted octanol–water partition coefficient (Wildman–Crippen LogP) is 3.58. The maximum Gasteiger partial charge on any atom is 0.269 e. The second kappa shape index (κ2) is 7.63. The molecule has 1 fully saturated rings. The van der Waals surface area contributed by atoms with Gasteiger partial charge in [-0.15, -0.1) is 11.3 Å². The third kappa shape index (κ3) is 3.68. The molecule has 0 spiro atoms. The fraction of sp³-hybridized carbons (Fsp3) is 0.474. The molecule has 4 heterocycles. The SMILES string of the molecule is CNC(=O)c1sc(-c2cn[nH]c2)c2c1N(/C=C/C1CCCCO1)CC(F)(F)C2. The molecule has 9 heteroatoms. The van der Waals surface area contributed by atoms with Gasteiger partial charge in [0.25, 0.3) is 11.8 Å². The lowest BCUT2D eigenvalue weighted by Gasteiger charge is -2.33. The van der Waals surface area contributed by atoms with Crippen LogP contribution in [0.25, 0.3) is 10.4 Å². The number of alkyl halides is 2. The number of anilines is 1. The Kier molecular flexibility index (Phi) is 5.20. The number of aromatic amines is 1. The summed E-state index contributed by atoms with van der Waals surface area (Å²) in [6.45, 7) is 0.220. The molecule has 0 bridgehead atoms. The second-order valence-electron chi connectivity index (χ2n) is 7.06. The number of nitrogens with zero attached hydrogens (tertiary/aromatic N) is 2. The van der Waals surface area contributed by atoms with Gasteiger partial charge in [-0.2, -0.15) is 5.10 Å². The van der Waals surface area contributed by atoms with Crippen molar-refractivity contribution in [3.05, 3.63) is 35.1 Å². The number of fused-ring (bicyclic) bond motifs is 1. The lowest BCUT2D eigenvalue weighted by molar-refractivity contribution is 0.00747. The van der Waals surface area contributed by atoms with Crippen molar-refractivity contribution in [1.82, 2.24) is 15.5 Å². The number of halogens is 2. The topological polar surface area (TPSA) is 70.2 Å². The first-order valence-corrected chi connectivity index (χ1v) is 10.1. The van der Waals surface area contributed by atoms with Crippen LogP contribution in [-0.4, -0.2) is 48.3 Å². The maximum atomic E-state index is 14.6. The summed E-state index contributed by atoms with van der Waals surface area (Å²) in [4.78, 5) is 15.1. The fourth-order valence-electron chi connectivity index (χ4n) is 3.69. The summed E-state index contributed by atoms with van der Waals surface area (Å²) >= 11 is 1.22. The van der Waals surface area contributed by atoms with Crippen LogP contribution in [0.5, 0.6) is 0 Å². The van der Waals surface area contributed by atoms with Gasteiger partial charge >= 0.3 is 0 Å². The number of hydrogen-bond donors (Lipinski definition) is 2. The summed E-state index contributed by atoms with van der Waals surface area (Å²) in [7, 11) is 1.54. The highest BCUT2D eigenvalue weighted by molar-refractivity contribution is 7.18. The number of nitrogens with one attached hydrogen (secondary N) is 2. The van der Waals surface area contributed by atoms with Crippen LogP contribution in [0.3, 0.4) is 0 Å². The van der Waals surface area contributed by atoms with Crippen molar-refractivity contribution in [3.63, 3.8) is 0 Å². The summed E-state index contributed by atoms with van der Waals surface area (Å²) in [6, 6.07) is 0. The molecule has 1 amide bonds. The summed E-state index contributed by atoms with van der Waals surface area (Å²) in [5.74, 6) is -3.18. The normalized spacial score (nSPS) is 21.7. The minimum atomic E-state index is -2.90. The molecule has 0 aliphatic carbocycles. The van der Waals surface area contributed by atoms with Gasteiger partial charge in [0.05, 0.1) is 24.5 Å². The van der Waals surface area contributed by atoms with E-state index in [9.17, 15) is 13.6 Å². The third-order valence-corrected chi connectivity index (χ3v) is 6.26. The number of amides is 1. The quantitative estimate of drug-likeness (QED) is 0.811. The molecule has 2 aliphatic rings. The molecular weight excluding hydrogens is 386 g/mol. The second-order valence-corrected chi connectivity index (χ2v) is 8.08. The Morgan fingerprint density at radius 1 is 1.50 bits per heavy atom. The predicted molar refractivity (Wildman–Crippen MR) is 104 cm³/mol. The summed E-state index contributed by atoms with van der Waals surface area (Å²) in [5.41, 5.74) is 1.74. The van der Waals surface area contributed by atoms with Gasteiger partial charge in [0.15, 0.2) is 0 Å². The van der Waals surface area contributed by atoms with E-state index in [0.29, 0.717) is 33.2 Å². The van der Waals surface area contributed by atoms with Crippen LogP contribution in [0.1, 0.15) is 34.5 Å². The molecule has 2 aromatic rings. The number of carbonyl (C=O) groups excluding carboxylic acids is 1. The largest absolute Gasteiger partial charge is 0.374 e. The van der Waals surface area contributed by atoms with Crippen molar-refractivity contribution >= 4 is 22.9 Å². The van der Waals surface area contributed by atoms with Gasteiger partial charge in [0, 0.05) is 48.5 Å². The molecule has 1 atom stereocenters. The molecule has 2 aromatic heterocycles. The number of H-pyrrole nitrogens is 1. The zero-order valence-corrected chi connectivity index (χ0v) is 16.3. The summed E-state index contributed by atoms with van der Waals surface area (Å²) < 4.78 is 34.9. The van der Waals surface area contributed by atoms with E-state index in [-0.39, 0.29) is 12.0 Å². The van der Waals surface area contributed by atoms with Gasteiger partial charge in [-0.05, 0) is 25.3 Å². The van der Waals surface area contributed by atoms with Gasteiger partial charge in [-0.3, -0.25) is 9.89 Å². The number of rotatable bonds is 4. The van der Waals surface area contributed by atoms with Crippen LogP contribution >= 0.6 is 11.3 Å². The van der Waals surface area contributed by atoms with Crippen LogP contribution in [0, 0.1) is 0 Å². The maximum absolute atomic E-state index is 14.6. The Hall–Kier alpha value is -2.26. The fourth-order valence-corrected chi connectivity index (χ4v) is 4.94. The van der Waals surface area contributed by atoms with E-state index < -0.39 is 18.9 Å². The molecule has 4 rings (SSSR count). The molecule has 150 valence electrons. The Morgan fingerprint density at radius 2 is 2.36 bits per heavy atom. The van der Waals surface area contributed by atoms with Crippen molar-refractivity contribution in [2.45, 2.75) is 37.7 Å². The average molecular weight is 408 g/mol. The molecule has 2 aliphatic heterocycles. The van der Waals surface area contributed by atoms with Crippen LogP contribution in [-0.2, 0) is 11.2 Å². The number of ether oxygens (including phenoxy) is 1. The third-order valence-electron chi connectivity index (χ3n) is 4.99. The number of hydrogen-bond acceptors (Lipinski definition) is 5. The van der Waals surface area contributed by atoms with Gasteiger partial charge in [0.2, 0.25) is 0 Å². The molecule has 0 radical (unpaired) electrons. The molecular formula is C19H22F2N4O2S. The van der Waals surface area contributed by atoms with E-state index in [1.54, 1.807) is 25.6 Å². The van der Waals surface area contributed by atoms with Crippen molar-refractivity contribution in [3.8, 4) is 10.4 Å². The highest BCUT2D eigenvalue weighted by atomic mass is 32.1. The first-order chi connectivity index (χ1) is 13.5. The van der Waals surface area contributed by atoms with Crippen molar-refractivity contribution in [2.24, 2.45) is 0 Å². The average Bonchev–Trinajstić information content (AvgIpc) is 3.33. The zero-order chi connectivity index (χ0) is 19.7. The molecule has 0 aromatic carbocycles. The highest BCUT2D eigenvalue weighted by Gasteiger charge is 2.42. The van der Waals surface area contributed by atoms with Gasteiger partial charge in [-0.25, -0.2) is 8.78 Å².